The molecule has 0 atom stereocenters. The van der Waals surface area contributed by atoms with Crippen LogP contribution < -0.4 is 18.9 Å². The number of hydrogen-bond donors (Lipinski definition) is 0. The number of carbonyl (C=O) groups is 1. The number of nitrogens with zero attached hydrogens (tertiary/aromatic N) is 1. The predicted octanol–water partition coefficient (Wildman–Crippen LogP) is 8.24. The largest absolute Gasteiger partial charge is 0.493 e. The van der Waals surface area contributed by atoms with Crippen LogP contribution in [0, 0.1) is 23.0 Å². The third-order valence-corrected chi connectivity index (χ3v) is 6.12. The molecule has 4 aromatic carbocycles. The molecule has 212 valence electrons. The van der Waals surface area contributed by atoms with E-state index in [0.29, 0.717) is 66.4 Å². The Bertz CT molecular complexity index is 1540. The maximum atomic E-state index is 15.4. The summed E-state index contributed by atoms with van der Waals surface area (Å²) < 4.78 is 53.9. The zero-order valence-electron chi connectivity index (χ0n) is 23.3. The second kappa shape index (κ2) is 13.6. The zero-order chi connectivity index (χ0) is 29.4. The lowest BCUT2D eigenvalue weighted by molar-refractivity contribution is 0.0725. The summed E-state index contributed by atoms with van der Waals surface area (Å²) in [5.74, 6) is -1.99. The molecule has 0 unspecified atom stereocenters. The number of benzene rings is 4. The molecule has 0 aromatic heterocycles. The monoisotopic (exact) mass is 559 g/mol. The molecule has 0 saturated heterocycles. The molecule has 0 N–H and O–H groups in total. The van der Waals surface area contributed by atoms with E-state index in [1.54, 1.807) is 42.5 Å². The predicted molar refractivity (Wildman–Crippen MR) is 153 cm³/mol. The molecule has 0 aliphatic carbocycles. The van der Waals surface area contributed by atoms with Crippen molar-refractivity contribution in [1.29, 1.82) is 5.26 Å². The lowest BCUT2D eigenvalue weighted by Gasteiger charge is -2.19. The Balaban J connectivity index is 1.70. The Labute approximate surface area is 238 Å². The Hall–Kier alpha value is -4.64. The maximum absolute atomic E-state index is 15.4. The van der Waals surface area contributed by atoms with Gasteiger partial charge in [-0.05, 0) is 72.0 Å². The fourth-order valence-corrected chi connectivity index (χ4v) is 4.23. The smallest absolute Gasteiger partial charge is 0.349 e. The van der Waals surface area contributed by atoms with Gasteiger partial charge in [-0.2, -0.15) is 5.26 Å². The zero-order valence-corrected chi connectivity index (χ0v) is 23.3. The molecule has 0 saturated carbocycles. The summed E-state index contributed by atoms with van der Waals surface area (Å²) in [4.78, 5) is 12.9. The van der Waals surface area contributed by atoms with Gasteiger partial charge in [-0.3, -0.25) is 0 Å². The number of rotatable bonds is 12. The molecule has 0 aliphatic rings. The Morgan fingerprint density at radius 1 is 0.732 bits per heavy atom. The van der Waals surface area contributed by atoms with Gasteiger partial charge in [-0.1, -0.05) is 32.9 Å². The van der Waals surface area contributed by atoms with Gasteiger partial charge in [-0.15, -0.1) is 0 Å². The van der Waals surface area contributed by atoms with E-state index < -0.39 is 23.2 Å². The highest BCUT2D eigenvalue weighted by Gasteiger charge is 2.25. The van der Waals surface area contributed by atoms with Gasteiger partial charge >= 0.3 is 5.97 Å². The number of ether oxygens (including phenoxy) is 4. The number of esters is 1. The van der Waals surface area contributed by atoms with Crippen LogP contribution in [0.1, 0.15) is 56.0 Å². The van der Waals surface area contributed by atoms with Crippen LogP contribution in [0.2, 0.25) is 0 Å². The van der Waals surface area contributed by atoms with Crippen molar-refractivity contribution < 1.29 is 32.5 Å². The van der Waals surface area contributed by atoms with Crippen LogP contribution in [-0.4, -0.2) is 25.8 Å². The highest BCUT2D eigenvalue weighted by Crippen LogP contribution is 2.43. The van der Waals surface area contributed by atoms with Gasteiger partial charge in [0, 0.05) is 12.1 Å². The fourth-order valence-electron chi connectivity index (χ4n) is 4.23. The van der Waals surface area contributed by atoms with Gasteiger partial charge in [0.1, 0.15) is 40.2 Å². The van der Waals surface area contributed by atoms with Gasteiger partial charge in [0.25, 0.3) is 0 Å². The van der Waals surface area contributed by atoms with Crippen molar-refractivity contribution in [1.82, 2.24) is 0 Å². The quantitative estimate of drug-likeness (QED) is 0.128. The van der Waals surface area contributed by atoms with E-state index in [0.717, 1.165) is 23.9 Å². The molecule has 0 heterocycles. The first-order chi connectivity index (χ1) is 19.9. The summed E-state index contributed by atoms with van der Waals surface area (Å²) in [7, 11) is 0. The summed E-state index contributed by atoms with van der Waals surface area (Å²) in [6.07, 6.45) is 2.23. The molecule has 6 nitrogen and oxygen atoms in total. The van der Waals surface area contributed by atoms with E-state index in [1.807, 2.05) is 20.8 Å². The average Bonchev–Trinajstić information content (AvgIpc) is 2.96. The van der Waals surface area contributed by atoms with Crippen molar-refractivity contribution in [3.63, 3.8) is 0 Å². The maximum Gasteiger partial charge on any atom is 0.349 e. The van der Waals surface area contributed by atoms with E-state index in [-0.39, 0.29) is 11.3 Å². The van der Waals surface area contributed by atoms with Crippen LogP contribution in [0.3, 0.4) is 0 Å². The Kier molecular flexibility index (Phi) is 9.75. The standard InChI is InChI=1S/C33H31F2NO5/c1-4-11-38-26-18-29(39-12-5-2)31(30(19-26)40-13-6-3)24-16-27(34)32(28(35)17-24)33(37)41-25-10-9-22-14-21(20-36)7-8-23(22)15-25/h7-10,14-19H,4-6,11-13H2,1-3H3. The van der Waals surface area contributed by atoms with Crippen LogP contribution in [0.15, 0.2) is 60.7 Å². The summed E-state index contributed by atoms with van der Waals surface area (Å²) in [5.41, 5.74) is 0.180. The minimum Gasteiger partial charge on any atom is -0.493 e. The summed E-state index contributed by atoms with van der Waals surface area (Å²) in [6.45, 7) is 7.11. The SMILES string of the molecule is CCCOc1cc(OCCC)c(-c2cc(F)c(C(=O)Oc3ccc4cc(C#N)ccc4c3)c(F)c2)c(OCCC)c1. The number of halogens is 2. The van der Waals surface area contributed by atoms with Crippen molar-refractivity contribution in [2.75, 3.05) is 19.8 Å². The van der Waals surface area contributed by atoms with Gasteiger partial charge in [0.2, 0.25) is 0 Å². The summed E-state index contributed by atoms with van der Waals surface area (Å²) >= 11 is 0. The van der Waals surface area contributed by atoms with E-state index in [1.165, 1.54) is 6.07 Å². The van der Waals surface area contributed by atoms with Gasteiger partial charge in [0.05, 0.1) is 37.0 Å². The number of nitriles is 1. The van der Waals surface area contributed by atoms with Crippen molar-refractivity contribution in [2.24, 2.45) is 0 Å². The molecular weight excluding hydrogens is 528 g/mol. The van der Waals surface area contributed by atoms with Crippen LogP contribution in [0.25, 0.3) is 21.9 Å². The number of carbonyl (C=O) groups excluding carboxylic acids is 1. The van der Waals surface area contributed by atoms with Gasteiger partial charge in [0.15, 0.2) is 0 Å². The van der Waals surface area contributed by atoms with E-state index in [4.69, 9.17) is 24.2 Å². The second-order valence-electron chi connectivity index (χ2n) is 9.38. The van der Waals surface area contributed by atoms with Gasteiger partial charge in [-0.25, -0.2) is 13.6 Å². The average molecular weight is 560 g/mol. The number of fused-ring (bicyclic) bond motifs is 1. The lowest BCUT2D eigenvalue weighted by atomic mass is 10.00. The fraction of sp³-hybridized carbons (Fsp3) is 0.273. The second-order valence-corrected chi connectivity index (χ2v) is 9.38. The molecule has 0 aliphatic heterocycles. The third-order valence-electron chi connectivity index (χ3n) is 6.12. The molecule has 41 heavy (non-hydrogen) atoms. The van der Waals surface area contributed by atoms with Crippen molar-refractivity contribution in [3.05, 3.63) is 83.4 Å². The van der Waals surface area contributed by atoms with E-state index >= 15 is 8.78 Å². The highest BCUT2D eigenvalue weighted by atomic mass is 19.1. The summed E-state index contributed by atoms with van der Waals surface area (Å²) in [6, 6.07) is 17.3. The molecule has 0 amide bonds. The lowest BCUT2D eigenvalue weighted by Crippen LogP contribution is -2.13. The third kappa shape index (κ3) is 6.93. The first kappa shape index (κ1) is 29.3. The minimum absolute atomic E-state index is 0.114. The van der Waals surface area contributed by atoms with Crippen LogP contribution in [0.5, 0.6) is 23.0 Å². The molecule has 0 radical (unpaired) electrons. The van der Waals surface area contributed by atoms with Crippen LogP contribution in [0.4, 0.5) is 8.78 Å². The normalized spacial score (nSPS) is 10.7. The van der Waals surface area contributed by atoms with Crippen LogP contribution in [-0.2, 0) is 0 Å². The molecule has 8 heteroatoms. The number of hydrogen-bond acceptors (Lipinski definition) is 6. The summed E-state index contributed by atoms with van der Waals surface area (Å²) in [5, 5.41) is 10.5. The topological polar surface area (TPSA) is 77.8 Å². The molecular formula is C33H31F2NO5. The van der Waals surface area contributed by atoms with E-state index in [2.05, 4.69) is 6.07 Å². The van der Waals surface area contributed by atoms with Crippen molar-refractivity contribution >= 4 is 16.7 Å². The minimum atomic E-state index is -1.17. The van der Waals surface area contributed by atoms with Crippen molar-refractivity contribution in [2.45, 2.75) is 40.0 Å². The van der Waals surface area contributed by atoms with Crippen LogP contribution >= 0.6 is 0 Å². The molecule has 0 spiro atoms. The van der Waals surface area contributed by atoms with Crippen molar-refractivity contribution in [3.8, 4) is 40.2 Å². The van der Waals surface area contributed by atoms with E-state index in [9.17, 15) is 4.79 Å². The molecule has 0 fully saturated rings. The first-order valence-electron chi connectivity index (χ1n) is 13.6. The first-order valence-corrected chi connectivity index (χ1v) is 13.6. The Morgan fingerprint density at radius 3 is 1.88 bits per heavy atom. The highest BCUT2D eigenvalue weighted by molar-refractivity contribution is 5.94. The molecule has 4 rings (SSSR count). The van der Waals surface area contributed by atoms with Gasteiger partial charge < -0.3 is 18.9 Å². The molecule has 4 aromatic rings. The molecule has 0 bridgehead atoms. The Morgan fingerprint density at radius 2 is 1.29 bits per heavy atom.